The molecule has 5 rings (SSSR count). The van der Waals surface area contributed by atoms with Gasteiger partial charge in [-0.25, -0.2) is 0 Å². The Labute approximate surface area is 194 Å². The zero-order valence-electron chi connectivity index (χ0n) is 19.5. The molecule has 8 nitrogen and oxygen atoms in total. The van der Waals surface area contributed by atoms with Crippen LogP contribution in [0.5, 0.6) is 5.75 Å². The van der Waals surface area contributed by atoms with Crippen molar-refractivity contribution in [3.63, 3.8) is 0 Å². The van der Waals surface area contributed by atoms with Gasteiger partial charge in [0.15, 0.2) is 0 Å². The number of imide groups is 1. The fourth-order valence-electron chi connectivity index (χ4n) is 5.79. The minimum atomic E-state index is -0.594. The molecule has 1 N–H and O–H groups in total. The van der Waals surface area contributed by atoms with Crippen LogP contribution in [-0.4, -0.2) is 71.5 Å². The lowest BCUT2D eigenvalue weighted by atomic mass is 9.92. The van der Waals surface area contributed by atoms with Gasteiger partial charge in [-0.05, 0) is 69.2 Å². The van der Waals surface area contributed by atoms with E-state index in [1.54, 1.807) is 12.0 Å². The standard InChI is InChI=1S/C25H33N3O5/c1-25(32-2)10-12-27(13-11-25)19-4-3-5-21(19)33-17-6-7-18-16(14-17)15-28(24(18)31)20-8-9-22(29)26-23(20)30/h6-7,14,19-21H,3-5,8-13,15H2,1-2H3,(H,26,29,30). The fraction of sp³-hybridized carbons (Fsp3) is 0.640. The summed E-state index contributed by atoms with van der Waals surface area (Å²) in [5, 5.41) is 2.35. The topological polar surface area (TPSA) is 88.2 Å². The highest BCUT2D eigenvalue weighted by Gasteiger charge is 2.41. The van der Waals surface area contributed by atoms with E-state index in [-0.39, 0.29) is 35.8 Å². The molecule has 3 atom stereocenters. The van der Waals surface area contributed by atoms with Crippen molar-refractivity contribution in [3.8, 4) is 5.75 Å². The van der Waals surface area contributed by atoms with Crippen molar-refractivity contribution >= 4 is 17.7 Å². The molecule has 3 heterocycles. The minimum absolute atomic E-state index is 0.0215. The molecule has 2 saturated heterocycles. The van der Waals surface area contributed by atoms with Crippen LogP contribution in [0.15, 0.2) is 18.2 Å². The quantitative estimate of drug-likeness (QED) is 0.686. The highest BCUT2D eigenvalue weighted by Crippen LogP contribution is 2.35. The summed E-state index contributed by atoms with van der Waals surface area (Å²) in [6.07, 6.45) is 6.15. The number of hydrogen-bond acceptors (Lipinski definition) is 6. The number of hydrogen-bond donors (Lipinski definition) is 1. The van der Waals surface area contributed by atoms with Crippen LogP contribution in [0.2, 0.25) is 0 Å². The van der Waals surface area contributed by atoms with Gasteiger partial charge in [-0.3, -0.25) is 24.6 Å². The lowest BCUT2D eigenvalue weighted by Crippen LogP contribution is -2.52. The van der Waals surface area contributed by atoms with E-state index in [2.05, 4.69) is 17.1 Å². The molecule has 3 amide bonds. The van der Waals surface area contributed by atoms with Crippen molar-refractivity contribution in [1.82, 2.24) is 15.1 Å². The summed E-state index contributed by atoms with van der Waals surface area (Å²) in [7, 11) is 1.80. The maximum atomic E-state index is 12.9. The Hall–Kier alpha value is -2.45. The largest absolute Gasteiger partial charge is 0.489 e. The van der Waals surface area contributed by atoms with Crippen LogP contribution in [0.1, 0.15) is 67.8 Å². The van der Waals surface area contributed by atoms with E-state index >= 15 is 0 Å². The third-order valence-electron chi connectivity index (χ3n) is 8.02. The Balaban J connectivity index is 1.25. The molecule has 4 aliphatic rings. The molecule has 178 valence electrons. The number of methoxy groups -OCH3 is 1. The molecular formula is C25H33N3O5. The van der Waals surface area contributed by atoms with Gasteiger partial charge >= 0.3 is 0 Å². The summed E-state index contributed by atoms with van der Waals surface area (Å²) in [5.74, 6) is -0.0341. The predicted octanol–water partition coefficient (Wildman–Crippen LogP) is 2.25. The summed E-state index contributed by atoms with van der Waals surface area (Å²) in [4.78, 5) is 40.8. The molecule has 1 aliphatic carbocycles. The Morgan fingerprint density at radius 2 is 1.88 bits per heavy atom. The van der Waals surface area contributed by atoms with E-state index in [4.69, 9.17) is 9.47 Å². The van der Waals surface area contributed by atoms with Gasteiger partial charge in [-0.15, -0.1) is 0 Å². The molecule has 33 heavy (non-hydrogen) atoms. The van der Waals surface area contributed by atoms with E-state index in [9.17, 15) is 14.4 Å². The number of ether oxygens (including phenoxy) is 2. The van der Waals surface area contributed by atoms with Gasteiger partial charge in [-0.2, -0.15) is 0 Å². The second-order valence-corrected chi connectivity index (χ2v) is 10.1. The van der Waals surface area contributed by atoms with Crippen molar-refractivity contribution < 1.29 is 23.9 Å². The summed E-state index contributed by atoms with van der Waals surface area (Å²) in [5.41, 5.74) is 1.47. The summed E-state index contributed by atoms with van der Waals surface area (Å²) in [6.45, 7) is 4.60. The summed E-state index contributed by atoms with van der Waals surface area (Å²) >= 11 is 0. The number of nitrogens with zero attached hydrogens (tertiary/aromatic N) is 2. The van der Waals surface area contributed by atoms with Crippen molar-refractivity contribution in [2.45, 2.75) is 82.2 Å². The first kappa shape index (κ1) is 22.3. The Bertz CT molecular complexity index is 955. The van der Waals surface area contributed by atoms with E-state index in [0.29, 0.717) is 24.6 Å². The predicted molar refractivity (Wildman–Crippen MR) is 121 cm³/mol. The van der Waals surface area contributed by atoms with Crippen LogP contribution in [0, 0.1) is 0 Å². The number of benzene rings is 1. The van der Waals surface area contributed by atoms with Gasteiger partial charge in [0, 0.05) is 44.8 Å². The van der Waals surface area contributed by atoms with Gasteiger partial charge in [0.1, 0.15) is 17.9 Å². The third-order valence-corrected chi connectivity index (χ3v) is 8.02. The van der Waals surface area contributed by atoms with Gasteiger partial charge in [-0.1, -0.05) is 0 Å². The highest BCUT2D eigenvalue weighted by atomic mass is 16.5. The van der Waals surface area contributed by atoms with Crippen molar-refractivity contribution in [1.29, 1.82) is 0 Å². The van der Waals surface area contributed by atoms with Gasteiger partial charge < -0.3 is 14.4 Å². The molecule has 8 heteroatoms. The van der Waals surface area contributed by atoms with Crippen molar-refractivity contribution in [3.05, 3.63) is 29.3 Å². The Morgan fingerprint density at radius 1 is 1.09 bits per heavy atom. The fourth-order valence-corrected chi connectivity index (χ4v) is 5.79. The molecular weight excluding hydrogens is 422 g/mol. The summed E-state index contributed by atoms with van der Waals surface area (Å²) < 4.78 is 12.2. The monoisotopic (exact) mass is 455 g/mol. The van der Waals surface area contributed by atoms with E-state index in [1.807, 2.05) is 18.2 Å². The molecule has 0 spiro atoms. The van der Waals surface area contributed by atoms with E-state index in [1.165, 1.54) is 0 Å². The van der Waals surface area contributed by atoms with Gasteiger partial charge in [0.2, 0.25) is 11.8 Å². The zero-order chi connectivity index (χ0) is 23.2. The number of fused-ring (bicyclic) bond motifs is 1. The molecule has 0 radical (unpaired) electrons. The Morgan fingerprint density at radius 3 is 2.61 bits per heavy atom. The van der Waals surface area contributed by atoms with Gasteiger partial charge in [0.25, 0.3) is 5.91 Å². The Kier molecular flexibility index (Phi) is 5.91. The molecule has 1 aromatic rings. The zero-order valence-corrected chi connectivity index (χ0v) is 19.5. The second kappa shape index (κ2) is 8.72. The maximum absolute atomic E-state index is 12.9. The number of nitrogens with one attached hydrogen (secondary N) is 1. The number of piperidine rings is 2. The van der Waals surface area contributed by atoms with E-state index in [0.717, 1.165) is 56.5 Å². The molecule has 1 saturated carbocycles. The number of carbonyl (C=O) groups excluding carboxylic acids is 3. The molecule has 3 fully saturated rings. The second-order valence-electron chi connectivity index (χ2n) is 10.1. The van der Waals surface area contributed by atoms with Crippen LogP contribution in [0.25, 0.3) is 0 Å². The smallest absolute Gasteiger partial charge is 0.255 e. The molecule has 3 aliphatic heterocycles. The van der Waals surface area contributed by atoms with Gasteiger partial charge in [0.05, 0.1) is 5.60 Å². The molecule has 1 aromatic carbocycles. The minimum Gasteiger partial charge on any atom is -0.489 e. The molecule has 3 unspecified atom stereocenters. The average molecular weight is 456 g/mol. The number of carbonyl (C=O) groups is 3. The summed E-state index contributed by atoms with van der Waals surface area (Å²) in [6, 6.07) is 5.45. The van der Waals surface area contributed by atoms with Crippen LogP contribution < -0.4 is 10.1 Å². The lowest BCUT2D eigenvalue weighted by molar-refractivity contribution is -0.136. The first-order valence-electron chi connectivity index (χ1n) is 12.1. The lowest BCUT2D eigenvalue weighted by Gasteiger charge is -2.42. The maximum Gasteiger partial charge on any atom is 0.255 e. The highest BCUT2D eigenvalue weighted by molar-refractivity contribution is 6.05. The van der Waals surface area contributed by atoms with Crippen LogP contribution in [0.3, 0.4) is 0 Å². The average Bonchev–Trinajstić information content (AvgIpc) is 3.39. The number of likely N-dealkylation sites (tertiary alicyclic amines) is 1. The third kappa shape index (κ3) is 4.26. The number of rotatable bonds is 5. The van der Waals surface area contributed by atoms with E-state index < -0.39 is 6.04 Å². The molecule has 0 aromatic heterocycles. The SMILES string of the molecule is COC1(C)CCN(C2CCCC2Oc2ccc3c(c2)CN(C2CCC(=O)NC2=O)C3=O)CC1. The normalized spacial score (nSPS) is 29.8. The number of amides is 3. The molecule has 0 bridgehead atoms. The first-order valence-corrected chi connectivity index (χ1v) is 12.1. The van der Waals surface area contributed by atoms with Crippen LogP contribution >= 0.6 is 0 Å². The van der Waals surface area contributed by atoms with Crippen LogP contribution in [-0.2, 0) is 20.9 Å². The first-order chi connectivity index (χ1) is 15.9. The van der Waals surface area contributed by atoms with Crippen LogP contribution in [0.4, 0.5) is 0 Å². The van der Waals surface area contributed by atoms with Crippen molar-refractivity contribution in [2.75, 3.05) is 20.2 Å². The van der Waals surface area contributed by atoms with Crippen molar-refractivity contribution in [2.24, 2.45) is 0 Å².